The van der Waals surface area contributed by atoms with Crippen molar-refractivity contribution in [2.24, 2.45) is 11.8 Å². The first-order valence-corrected chi connectivity index (χ1v) is 7.13. The van der Waals surface area contributed by atoms with Crippen LogP contribution in [0.25, 0.3) is 0 Å². The number of nitrogens with one attached hydrogen (secondary N) is 1. The summed E-state index contributed by atoms with van der Waals surface area (Å²) in [6.45, 7) is 4.97. The summed E-state index contributed by atoms with van der Waals surface area (Å²) in [6.07, 6.45) is 3.97. The highest BCUT2D eigenvalue weighted by Crippen LogP contribution is 2.35. The number of aliphatic hydroxyl groups excluding tert-OH is 1. The van der Waals surface area contributed by atoms with Crippen LogP contribution in [0.1, 0.15) is 33.1 Å². The molecule has 1 rings (SSSR count). The molecule has 90 valence electrons. The fourth-order valence-corrected chi connectivity index (χ4v) is 3.78. The highest BCUT2D eigenvalue weighted by molar-refractivity contribution is 7.99. The number of thioether (sulfide) groups is 1. The van der Waals surface area contributed by atoms with Crippen LogP contribution >= 0.6 is 11.8 Å². The van der Waals surface area contributed by atoms with Gasteiger partial charge in [0.15, 0.2) is 0 Å². The molecule has 2 N–H and O–H groups in total. The second-order valence-corrected chi connectivity index (χ2v) is 6.19. The molecule has 0 radical (unpaired) electrons. The van der Waals surface area contributed by atoms with Gasteiger partial charge in [-0.15, -0.1) is 0 Å². The van der Waals surface area contributed by atoms with Crippen molar-refractivity contribution in [1.82, 2.24) is 5.32 Å². The summed E-state index contributed by atoms with van der Waals surface area (Å²) in [5.41, 5.74) is 0. The first kappa shape index (κ1) is 13.3. The van der Waals surface area contributed by atoms with Crippen molar-refractivity contribution in [3.8, 4) is 0 Å². The first-order valence-electron chi connectivity index (χ1n) is 6.08. The van der Waals surface area contributed by atoms with Gasteiger partial charge in [-0.1, -0.05) is 13.8 Å². The zero-order chi connectivity index (χ0) is 11.3. The van der Waals surface area contributed by atoms with E-state index >= 15 is 0 Å². The molecule has 0 aromatic rings. The fraction of sp³-hybridized carbons (Fsp3) is 1.00. The maximum absolute atomic E-state index is 8.89. The molecule has 3 atom stereocenters. The molecule has 0 aromatic carbocycles. The van der Waals surface area contributed by atoms with E-state index in [9.17, 15) is 0 Å². The lowest BCUT2D eigenvalue weighted by Crippen LogP contribution is -2.42. The van der Waals surface area contributed by atoms with Crippen LogP contribution in [0.4, 0.5) is 0 Å². The van der Waals surface area contributed by atoms with Gasteiger partial charge >= 0.3 is 0 Å². The SMILES string of the molecule is CNC1CCC(C(C)C)CC1SCCO. The van der Waals surface area contributed by atoms with E-state index in [0.29, 0.717) is 17.9 Å². The van der Waals surface area contributed by atoms with Crippen molar-refractivity contribution < 1.29 is 5.11 Å². The van der Waals surface area contributed by atoms with Gasteiger partial charge in [0.1, 0.15) is 0 Å². The Labute approximate surface area is 98.2 Å². The Balaban J connectivity index is 2.45. The second kappa shape index (κ2) is 6.77. The number of aliphatic hydroxyl groups is 1. The van der Waals surface area contributed by atoms with Gasteiger partial charge in [0.2, 0.25) is 0 Å². The first-order chi connectivity index (χ1) is 7.19. The van der Waals surface area contributed by atoms with Crippen molar-refractivity contribution in [1.29, 1.82) is 0 Å². The topological polar surface area (TPSA) is 32.3 Å². The van der Waals surface area contributed by atoms with Crippen molar-refractivity contribution in [2.45, 2.75) is 44.4 Å². The summed E-state index contributed by atoms with van der Waals surface area (Å²) in [6, 6.07) is 0.650. The van der Waals surface area contributed by atoms with E-state index < -0.39 is 0 Å². The maximum Gasteiger partial charge on any atom is 0.0521 e. The van der Waals surface area contributed by atoms with Gasteiger partial charge in [-0.3, -0.25) is 0 Å². The van der Waals surface area contributed by atoms with E-state index in [1.54, 1.807) is 0 Å². The third-order valence-corrected chi connectivity index (χ3v) is 4.94. The van der Waals surface area contributed by atoms with Crippen LogP contribution in [0, 0.1) is 11.8 Å². The van der Waals surface area contributed by atoms with Crippen LogP contribution in [0.15, 0.2) is 0 Å². The Hall–Kier alpha value is 0.270. The van der Waals surface area contributed by atoms with E-state index in [1.165, 1.54) is 19.3 Å². The molecule has 3 heteroatoms. The summed E-state index contributed by atoms with van der Waals surface area (Å²) >= 11 is 1.94. The van der Waals surface area contributed by atoms with E-state index in [4.69, 9.17) is 5.11 Å². The molecule has 0 spiro atoms. The van der Waals surface area contributed by atoms with Crippen molar-refractivity contribution >= 4 is 11.8 Å². The molecule has 0 aliphatic heterocycles. The summed E-state index contributed by atoms with van der Waals surface area (Å²) in [4.78, 5) is 0. The average Bonchev–Trinajstić information content (AvgIpc) is 2.25. The maximum atomic E-state index is 8.89. The normalized spacial score (nSPS) is 32.2. The van der Waals surface area contributed by atoms with Gasteiger partial charge in [0, 0.05) is 17.0 Å². The molecule has 15 heavy (non-hydrogen) atoms. The molecule has 1 aliphatic rings. The minimum absolute atomic E-state index is 0.309. The van der Waals surface area contributed by atoms with Crippen molar-refractivity contribution in [3.63, 3.8) is 0 Å². The van der Waals surface area contributed by atoms with E-state index in [0.717, 1.165) is 17.6 Å². The van der Waals surface area contributed by atoms with Gasteiger partial charge in [0.25, 0.3) is 0 Å². The minimum atomic E-state index is 0.309. The van der Waals surface area contributed by atoms with Gasteiger partial charge in [0.05, 0.1) is 6.61 Å². The third-order valence-electron chi connectivity index (χ3n) is 3.57. The Morgan fingerprint density at radius 2 is 2.13 bits per heavy atom. The molecular weight excluding hydrogens is 206 g/mol. The van der Waals surface area contributed by atoms with Crippen LogP contribution in [0.5, 0.6) is 0 Å². The summed E-state index contributed by atoms with van der Waals surface area (Å²) < 4.78 is 0. The van der Waals surface area contributed by atoms with Crippen LogP contribution in [-0.2, 0) is 0 Å². The molecule has 0 heterocycles. The average molecular weight is 231 g/mol. The largest absolute Gasteiger partial charge is 0.396 e. The lowest BCUT2D eigenvalue weighted by Gasteiger charge is -2.37. The molecule has 0 bridgehead atoms. The minimum Gasteiger partial charge on any atom is -0.396 e. The third kappa shape index (κ3) is 3.97. The van der Waals surface area contributed by atoms with Gasteiger partial charge in [-0.25, -0.2) is 0 Å². The smallest absolute Gasteiger partial charge is 0.0521 e. The molecule has 0 amide bonds. The molecule has 0 aromatic heterocycles. The van der Waals surface area contributed by atoms with E-state index in [-0.39, 0.29) is 0 Å². The molecular formula is C12H25NOS. The zero-order valence-electron chi connectivity index (χ0n) is 10.2. The van der Waals surface area contributed by atoms with Gasteiger partial charge in [-0.05, 0) is 38.1 Å². The predicted molar refractivity (Wildman–Crippen MR) is 68.4 cm³/mol. The highest BCUT2D eigenvalue weighted by atomic mass is 32.2. The molecule has 3 unspecified atom stereocenters. The van der Waals surface area contributed by atoms with Crippen molar-refractivity contribution in [2.75, 3.05) is 19.4 Å². The molecule has 1 saturated carbocycles. The molecule has 0 saturated heterocycles. The zero-order valence-corrected chi connectivity index (χ0v) is 11.0. The molecule has 1 fully saturated rings. The lowest BCUT2D eigenvalue weighted by molar-refractivity contribution is 0.251. The van der Waals surface area contributed by atoms with E-state index in [2.05, 4.69) is 26.2 Å². The summed E-state index contributed by atoms with van der Waals surface area (Å²) in [7, 11) is 2.06. The fourth-order valence-electron chi connectivity index (χ4n) is 2.48. The summed E-state index contributed by atoms with van der Waals surface area (Å²) in [5, 5.41) is 13.0. The Bertz CT molecular complexity index is 175. The lowest BCUT2D eigenvalue weighted by atomic mass is 9.79. The highest BCUT2D eigenvalue weighted by Gasteiger charge is 2.30. The van der Waals surface area contributed by atoms with Crippen LogP contribution in [0.3, 0.4) is 0 Å². The Morgan fingerprint density at radius 3 is 2.67 bits per heavy atom. The van der Waals surface area contributed by atoms with Crippen LogP contribution in [0.2, 0.25) is 0 Å². The van der Waals surface area contributed by atoms with Gasteiger partial charge < -0.3 is 10.4 Å². The number of hydrogen-bond acceptors (Lipinski definition) is 3. The van der Waals surface area contributed by atoms with Crippen LogP contribution in [-0.4, -0.2) is 35.8 Å². The predicted octanol–water partition coefficient (Wildman–Crippen LogP) is 2.12. The van der Waals surface area contributed by atoms with Crippen molar-refractivity contribution in [3.05, 3.63) is 0 Å². The van der Waals surface area contributed by atoms with E-state index in [1.807, 2.05) is 11.8 Å². The monoisotopic (exact) mass is 231 g/mol. The van der Waals surface area contributed by atoms with Gasteiger partial charge in [-0.2, -0.15) is 11.8 Å². The molecule has 1 aliphatic carbocycles. The quantitative estimate of drug-likeness (QED) is 0.760. The second-order valence-electron chi connectivity index (χ2n) is 4.85. The Morgan fingerprint density at radius 1 is 1.40 bits per heavy atom. The summed E-state index contributed by atoms with van der Waals surface area (Å²) in [5.74, 6) is 2.57. The number of hydrogen-bond donors (Lipinski definition) is 2. The number of rotatable bonds is 5. The molecule has 2 nitrogen and oxygen atoms in total. The standard InChI is InChI=1S/C12H25NOS/c1-9(2)10-4-5-11(13-3)12(8-10)15-7-6-14/h9-14H,4-8H2,1-3H3. The Kier molecular flexibility index (Phi) is 6.02. The van der Waals surface area contributed by atoms with Crippen LogP contribution < -0.4 is 5.32 Å².